The molecule has 1 N–H and O–H groups in total. The Labute approximate surface area is 94.8 Å². The van der Waals surface area contributed by atoms with Gasteiger partial charge in [0.05, 0.1) is 5.69 Å². The molecule has 4 heteroatoms. The summed E-state index contributed by atoms with van der Waals surface area (Å²) in [5.74, 6) is -0.218. The Morgan fingerprint density at radius 1 is 1.44 bits per heavy atom. The quantitative estimate of drug-likeness (QED) is 0.473. The van der Waals surface area contributed by atoms with Crippen molar-refractivity contribution in [2.45, 2.75) is 40.0 Å². The van der Waals surface area contributed by atoms with Gasteiger partial charge in [-0.05, 0) is 18.4 Å². The van der Waals surface area contributed by atoms with E-state index < -0.39 is 0 Å². The van der Waals surface area contributed by atoms with Crippen LogP contribution in [0.3, 0.4) is 0 Å². The minimum Gasteiger partial charge on any atom is -0.428 e. The number of carbonyl (C=O) groups excluding carboxylic acids is 2. The topological polar surface area (TPSA) is 59.3 Å². The third-order valence-electron chi connectivity index (χ3n) is 2.68. The fraction of sp³-hybridized carbons (Fsp3) is 0.500. The van der Waals surface area contributed by atoms with E-state index in [4.69, 9.17) is 0 Å². The van der Waals surface area contributed by atoms with E-state index in [-0.39, 0.29) is 11.5 Å². The molecule has 0 saturated carbocycles. The first-order valence-corrected chi connectivity index (χ1v) is 5.50. The lowest BCUT2D eigenvalue weighted by Gasteiger charge is -2.02. The minimum absolute atomic E-state index is 0.218. The number of ketones is 1. The highest BCUT2D eigenvalue weighted by molar-refractivity contribution is 5.97. The van der Waals surface area contributed by atoms with E-state index in [9.17, 15) is 14.8 Å². The van der Waals surface area contributed by atoms with Crippen LogP contribution in [0.4, 0.5) is 0 Å². The Balaban J connectivity index is 3.50. The minimum atomic E-state index is -0.218. The molecule has 1 aromatic heterocycles. The lowest BCUT2D eigenvalue weighted by atomic mass is 10.0. The molecule has 16 heavy (non-hydrogen) atoms. The van der Waals surface area contributed by atoms with Gasteiger partial charge in [-0.2, -0.15) is 4.73 Å². The van der Waals surface area contributed by atoms with Gasteiger partial charge in [0.2, 0.25) is 0 Å². The van der Waals surface area contributed by atoms with Crippen LogP contribution in [-0.4, -0.2) is 22.0 Å². The van der Waals surface area contributed by atoms with Gasteiger partial charge < -0.3 is 5.21 Å². The molecule has 0 unspecified atom stereocenters. The summed E-state index contributed by atoms with van der Waals surface area (Å²) in [5.41, 5.74) is 1.90. The first-order valence-electron chi connectivity index (χ1n) is 5.50. The second kappa shape index (κ2) is 4.96. The van der Waals surface area contributed by atoms with E-state index >= 15 is 0 Å². The van der Waals surface area contributed by atoms with Gasteiger partial charge in [-0.3, -0.25) is 9.59 Å². The molecular formula is C12H17NO3. The summed E-state index contributed by atoms with van der Waals surface area (Å²) < 4.78 is 0.883. The predicted molar refractivity (Wildman–Crippen MR) is 60.4 cm³/mol. The summed E-state index contributed by atoms with van der Waals surface area (Å²) in [7, 11) is 0. The maximum absolute atomic E-state index is 11.4. The van der Waals surface area contributed by atoms with Crippen molar-refractivity contribution in [3.05, 3.63) is 22.5 Å². The number of carbonyl (C=O) groups is 2. The molecule has 0 bridgehead atoms. The average molecular weight is 223 g/mol. The molecule has 0 aliphatic rings. The number of rotatable bonds is 5. The molecule has 1 heterocycles. The van der Waals surface area contributed by atoms with Crippen LogP contribution in [0.5, 0.6) is 0 Å². The first kappa shape index (κ1) is 12.5. The lowest BCUT2D eigenvalue weighted by Crippen LogP contribution is -2.07. The summed E-state index contributed by atoms with van der Waals surface area (Å²) in [6.45, 7) is 5.22. The highest BCUT2D eigenvalue weighted by Crippen LogP contribution is 2.23. The van der Waals surface area contributed by atoms with Gasteiger partial charge in [-0.25, -0.2) is 0 Å². The van der Waals surface area contributed by atoms with E-state index in [0.29, 0.717) is 29.7 Å². The van der Waals surface area contributed by atoms with Crippen molar-refractivity contribution in [2.75, 3.05) is 0 Å². The fourth-order valence-corrected chi connectivity index (χ4v) is 2.01. The normalized spacial score (nSPS) is 10.4. The summed E-state index contributed by atoms with van der Waals surface area (Å²) in [5, 5.41) is 9.89. The maximum atomic E-state index is 11.4. The van der Waals surface area contributed by atoms with Crippen LogP contribution in [0.25, 0.3) is 0 Å². The molecule has 88 valence electrons. The van der Waals surface area contributed by atoms with Crippen LogP contribution < -0.4 is 0 Å². The van der Waals surface area contributed by atoms with Crippen LogP contribution in [-0.2, 0) is 12.8 Å². The monoisotopic (exact) mass is 223 g/mol. The number of aromatic nitrogens is 1. The van der Waals surface area contributed by atoms with Crippen LogP contribution in [0.15, 0.2) is 0 Å². The van der Waals surface area contributed by atoms with E-state index in [0.717, 1.165) is 17.4 Å². The van der Waals surface area contributed by atoms with Crippen LogP contribution >= 0.6 is 0 Å². The number of Topliss-reactive ketones (excluding diaryl/α,β-unsaturated/α-hetero) is 1. The van der Waals surface area contributed by atoms with Crippen molar-refractivity contribution in [1.82, 2.24) is 4.73 Å². The second-order valence-corrected chi connectivity index (χ2v) is 3.78. The summed E-state index contributed by atoms with van der Waals surface area (Å²) >= 11 is 0. The Hall–Kier alpha value is -1.58. The molecule has 0 fully saturated rings. The van der Waals surface area contributed by atoms with Crippen LogP contribution in [0.2, 0.25) is 0 Å². The van der Waals surface area contributed by atoms with Gasteiger partial charge in [0, 0.05) is 12.5 Å². The van der Waals surface area contributed by atoms with Gasteiger partial charge in [0.15, 0.2) is 12.1 Å². The van der Waals surface area contributed by atoms with Crippen LogP contribution in [0.1, 0.15) is 59.3 Å². The third kappa shape index (κ3) is 1.87. The van der Waals surface area contributed by atoms with Crippen molar-refractivity contribution >= 4 is 12.1 Å². The van der Waals surface area contributed by atoms with E-state index in [2.05, 4.69) is 0 Å². The number of hydrogen-bond donors (Lipinski definition) is 1. The zero-order chi connectivity index (χ0) is 12.3. The number of hydrogen-bond acceptors (Lipinski definition) is 3. The summed E-state index contributed by atoms with van der Waals surface area (Å²) in [6.07, 6.45) is 2.69. The smallest absolute Gasteiger partial charge is 0.179 e. The van der Waals surface area contributed by atoms with E-state index in [1.807, 2.05) is 13.8 Å². The van der Waals surface area contributed by atoms with E-state index in [1.165, 1.54) is 6.92 Å². The van der Waals surface area contributed by atoms with Crippen molar-refractivity contribution in [2.24, 2.45) is 0 Å². The zero-order valence-corrected chi connectivity index (χ0v) is 9.91. The molecule has 1 aromatic rings. The Morgan fingerprint density at radius 3 is 2.44 bits per heavy atom. The Kier molecular flexibility index (Phi) is 3.88. The van der Waals surface area contributed by atoms with Crippen molar-refractivity contribution in [1.29, 1.82) is 0 Å². The molecule has 0 spiro atoms. The first-order chi connectivity index (χ1) is 7.58. The second-order valence-electron chi connectivity index (χ2n) is 3.78. The molecule has 0 radical (unpaired) electrons. The molecule has 0 aliphatic carbocycles. The number of nitrogens with zero attached hydrogens (tertiary/aromatic N) is 1. The average Bonchev–Trinajstić information content (AvgIpc) is 2.52. The Bertz CT molecular complexity index is 418. The zero-order valence-electron chi connectivity index (χ0n) is 9.91. The summed E-state index contributed by atoms with van der Waals surface area (Å²) in [6, 6.07) is 0. The Morgan fingerprint density at radius 2 is 2.06 bits per heavy atom. The third-order valence-corrected chi connectivity index (χ3v) is 2.68. The molecule has 0 atom stereocenters. The van der Waals surface area contributed by atoms with Gasteiger partial charge in [0.25, 0.3) is 0 Å². The molecule has 0 aromatic carbocycles. The number of aldehydes is 1. The van der Waals surface area contributed by atoms with Crippen molar-refractivity contribution in [3.63, 3.8) is 0 Å². The molecular weight excluding hydrogens is 206 g/mol. The molecule has 4 nitrogen and oxygen atoms in total. The van der Waals surface area contributed by atoms with E-state index in [1.54, 1.807) is 0 Å². The highest BCUT2D eigenvalue weighted by Gasteiger charge is 2.23. The molecule has 1 rings (SSSR count). The summed E-state index contributed by atoms with van der Waals surface area (Å²) in [4.78, 5) is 22.5. The predicted octanol–water partition coefficient (Wildman–Crippen LogP) is 2.26. The highest BCUT2D eigenvalue weighted by atomic mass is 16.5. The molecule has 0 amide bonds. The standard InChI is InChI=1S/C12H17NO3/c1-4-6-11-10(7-14)9(5-2)12(8(3)15)13(11)16/h7,16H,4-6H2,1-3H3. The van der Waals surface area contributed by atoms with Gasteiger partial charge >= 0.3 is 0 Å². The van der Waals surface area contributed by atoms with Crippen LogP contribution in [0, 0.1) is 0 Å². The van der Waals surface area contributed by atoms with Gasteiger partial charge in [0.1, 0.15) is 5.69 Å². The largest absolute Gasteiger partial charge is 0.428 e. The van der Waals surface area contributed by atoms with Gasteiger partial charge in [-0.1, -0.05) is 20.3 Å². The van der Waals surface area contributed by atoms with Crippen molar-refractivity contribution in [3.8, 4) is 0 Å². The molecule has 0 aliphatic heterocycles. The van der Waals surface area contributed by atoms with Crippen molar-refractivity contribution < 1.29 is 14.8 Å². The fourth-order valence-electron chi connectivity index (χ4n) is 2.01. The molecule has 0 saturated heterocycles. The maximum Gasteiger partial charge on any atom is 0.179 e. The lowest BCUT2D eigenvalue weighted by molar-refractivity contribution is 0.0955. The van der Waals surface area contributed by atoms with Gasteiger partial charge in [-0.15, -0.1) is 0 Å². The SMILES string of the molecule is CCCc1c(C=O)c(CC)c(C(C)=O)n1O.